The van der Waals surface area contributed by atoms with Crippen LogP contribution >= 0.6 is 0 Å². The molecule has 148 valence electrons. The summed E-state index contributed by atoms with van der Waals surface area (Å²) in [7, 11) is 1.45. The van der Waals surface area contributed by atoms with Crippen LogP contribution in [0.2, 0.25) is 0 Å². The van der Waals surface area contributed by atoms with Crippen LogP contribution in [-0.2, 0) is 23.2 Å². The van der Waals surface area contributed by atoms with Gasteiger partial charge in [-0.1, -0.05) is 30.3 Å². The largest absolute Gasteiger partial charge is 0.465 e. The Balaban J connectivity index is 1.38. The van der Waals surface area contributed by atoms with Gasteiger partial charge in [-0.15, -0.1) is 0 Å². The molecule has 0 aliphatic heterocycles. The summed E-state index contributed by atoms with van der Waals surface area (Å²) < 4.78 is 11.4. The maximum atomic E-state index is 12.4. The van der Waals surface area contributed by atoms with Crippen LogP contribution in [-0.4, -0.2) is 13.1 Å². The van der Waals surface area contributed by atoms with Crippen molar-refractivity contribution < 1.29 is 13.9 Å². The average Bonchev–Trinajstić information content (AvgIpc) is 3.12. The first kappa shape index (κ1) is 18.0. The van der Waals surface area contributed by atoms with Crippen LogP contribution in [0.1, 0.15) is 66.0 Å². The van der Waals surface area contributed by atoms with E-state index in [1.807, 2.05) is 24.3 Å². The molecule has 0 spiro atoms. The van der Waals surface area contributed by atoms with Gasteiger partial charge in [-0.3, -0.25) is 0 Å². The maximum absolute atomic E-state index is 12.4. The Morgan fingerprint density at radius 2 is 1.71 bits per heavy atom. The van der Waals surface area contributed by atoms with Gasteiger partial charge >= 0.3 is 5.97 Å². The number of benzene rings is 1. The molecule has 4 saturated carbocycles. The zero-order valence-corrected chi connectivity index (χ0v) is 16.6. The van der Waals surface area contributed by atoms with Crippen LogP contribution in [0.15, 0.2) is 40.8 Å². The molecule has 1 aromatic carbocycles. The fourth-order valence-corrected chi connectivity index (χ4v) is 6.43. The summed E-state index contributed by atoms with van der Waals surface area (Å²) >= 11 is 0. The molecule has 4 heteroatoms. The second kappa shape index (κ2) is 7.07. The molecule has 4 bridgehead atoms. The van der Waals surface area contributed by atoms with Gasteiger partial charge < -0.3 is 14.5 Å². The van der Waals surface area contributed by atoms with Crippen molar-refractivity contribution in [3.8, 4) is 0 Å². The van der Waals surface area contributed by atoms with E-state index >= 15 is 0 Å². The monoisotopic (exact) mass is 379 g/mol. The van der Waals surface area contributed by atoms with E-state index in [-0.39, 0.29) is 11.4 Å². The van der Waals surface area contributed by atoms with Crippen molar-refractivity contribution in [3.63, 3.8) is 0 Å². The lowest BCUT2D eigenvalue weighted by Crippen LogP contribution is -2.48. The molecule has 2 aromatic rings. The molecule has 4 nitrogen and oxygen atoms in total. The van der Waals surface area contributed by atoms with Crippen molar-refractivity contribution in [2.24, 2.45) is 17.8 Å². The van der Waals surface area contributed by atoms with Gasteiger partial charge in [0.15, 0.2) is 0 Å². The average molecular weight is 380 g/mol. The van der Waals surface area contributed by atoms with Crippen molar-refractivity contribution in [2.45, 2.75) is 57.0 Å². The van der Waals surface area contributed by atoms with E-state index in [0.29, 0.717) is 17.9 Å². The van der Waals surface area contributed by atoms with Crippen LogP contribution in [0.25, 0.3) is 0 Å². The molecule has 0 radical (unpaired) electrons. The zero-order valence-electron chi connectivity index (χ0n) is 16.6. The minimum absolute atomic E-state index is 0.148. The number of hydrogen-bond donors (Lipinski definition) is 1. The summed E-state index contributed by atoms with van der Waals surface area (Å²) in [6.45, 7) is 1.28. The number of ether oxygens (including phenoxy) is 1. The molecule has 0 saturated heterocycles. The van der Waals surface area contributed by atoms with Gasteiger partial charge in [-0.25, -0.2) is 4.79 Å². The molecular formula is C24H29NO3. The third-order valence-electron chi connectivity index (χ3n) is 7.23. The van der Waals surface area contributed by atoms with Gasteiger partial charge in [-0.05, 0) is 67.9 Å². The smallest absolute Gasteiger partial charge is 0.341 e. The molecule has 28 heavy (non-hydrogen) atoms. The number of esters is 1. The highest BCUT2D eigenvalue weighted by atomic mass is 16.5. The van der Waals surface area contributed by atoms with Crippen molar-refractivity contribution >= 4 is 5.97 Å². The van der Waals surface area contributed by atoms with E-state index in [4.69, 9.17) is 9.15 Å². The van der Waals surface area contributed by atoms with Crippen LogP contribution in [0.5, 0.6) is 0 Å². The van der Waals surface area contributed by atoms with Crippen LogP contribution in [0.3, 0.4) is 0 Å². The lowest BCUT2D eigenvalue weighted by atomic mass is 9.49. The highest BCUT2D eigenvalue weighted by Gasteiger charge is 2.53. The van der Waals surface area contributed by atoms with Crippen molar-refractivity contribution in [3.05, 3.63) is 59.0 Å². The number of carbonyl (C=O) groups is 1. The minimum Gasteiger partial charge on any atom is -0.465 e. The highest BCUT2D eigenvalue weighted by molar-refractivity contribution is 5.90. The highest BCUT2D eigenvalue weighted by Crippen LogP contribution is 2.61. The van der Waals surface area contributed by atoms with Gasteiger partial charge in [0.25, 0.3) is 0 Å². The fraction of sp³-hybridized carbons (Fsp3) is 0.542. The lowest BCUT2D eigenvalue weighted by Gasteiger charge is -2.55. The Hall–Kier alpha value is -2.07. The maximum Gasteiger partial charge on any atom is 0.341 e. The number of hydrogen-bond acceptors (Lipinski definition) is 4. The van der Waals surface area contributed by atoms with E-state index < -0.39 is 0 Å². The third-order valence-corrected chi connectivity index (χ3v) is 7.23. The Kier molecular flexibility index (Phi) is 4.54. The predicted octanol–water partition coefficient (Wildman–Crippen LogP) is 4.82. The van der Waals surface area contributed by atoms with E-state index in [0.717, 1.165) is 30.1 Å². The van der Waals surface area contributed by atoms with E-state index in [1.54, 1.807) is 0 Å². The SMILES string of the molecule is COC(=O)c1cc(C23CC4CC(CC(C4)C2)C3)oc1CNCc1ccccc1. The first-order valence-corrected chi connectivity index (χ1v) is 10.6. The van der Waals surface area contributed by atoms with Gasteiger partial charge in [0.1, 0.15) is 17.1 Å². The van der Waals surface area contributed by atoms with Crippen LogP contribution < -0.4 is 5.32 Å². The van der Waals surface area contributed by atoms with E-state index in [2.05, 4.69) is 17.4 Å². The Morgan fingerprint density at radius 1 is 1.07 bits per heavy atom. The molecule has 4 fully saturated rings. The summed E-state index contributed by atoms with van der Waals surface area (Å²) in [5.41, 5.74) is 1.96. The summed E-state index contributed by atoms with van der Waals surface area (Å²) in [5, 5.41) is 3.42. The Labute approximate surface area is 166 Å². The molecule has 1 N–H and O–H groups in total. The number of rotatable bonds is 6. The molecule has 4 aliphatic carbocycles. The number of carbonyl (C=O) groups excluding carboxylic acids is 1. The Bertz CT molecular complexity index is 819. The predicted molar refractivity (Wildman–Crippen MR) is 107 cm³/mol. The first-order chi connectivity index (χ1) is 13.6. The third kappa shape index (κ3) is 3.18. The molecular weight excluding hydrogens is 350 g/mol. The Morgan fingerprint density at radius 3 is 2.32 bits per heavy atom. The van der Waals surface area contributed by atoms with Gasteiger partial charge in [-0.2, -0.15) is 0 Å². The molecule has 1 heterocycles. The summed E-state index contributed by atoms with van der Waals surface area (Å²) in [6, 6.07) is 12.3. The van der Waals surface area contributed by atoms with E-state index in [1.165, 1.54) is 51.2 Å². The molecule has 4 aliphatic rings. The second-order valence-electron chi connectivity index (χ2n) is 9.23. The van der Waals surface area contributed by atoms with Gasteiger partial charge in [0, 0.05) is 12.0 Å². The van der Waals surface area contributed by atoms with Crippen molar-refractivity contribution in [2.75, 3.05) is 7.11 Å². The quantitative estimate of drug-likeness (QED) is 0.731. The van der Waals surface area contributed by atoms with E-state index in [9.17, 15) is 4.79 Å². The fourth-order valence-electron chi connectivity index (χ4n) is 6.43. The normalized spacial score (nSPS) is 30.5. The second-order valence-corrected chi connectivity index (χ2v) is 9.23. The van der Waals surface area contributed by atoms with Gasteiger partial charge in [0.2, 0.25) is 0 Å². The molecule has 0 amide bonds. The molecule has 6 rings (SSSR count). The summed E-state index contributed by atoms with van der Waals surface area (Å²) in [5.74, 6) is 3.99. The van der Waals surface area contributed by atoms with Gasteiger partial charge in [0.05, 0.1) is 13.7 Å². The minimum atomic E-state index is -0.295. The summed E-state index contributed by atoms with van der Waals surface area (Å²) in [4.78, 5) is 12.4. The summed E-state index contributed by atoms with van der Waals surface area (Å²) in [6.07, 6.45) is 7.87. The van der Waals surface area contributed by atoms with Crippen molar-refractivity contribution in [1.82, 2.24) is 5.32 Å². The topological polar surface area (TPSA) is 51.5 Å². The lowest BCUT2D eigenvalue weighted by molar-refractivity contribution is -0.0156. The number of furan rings is 1. The number of methoxy groups -OCH3 is 1. The zero-order chi connectivity index (χ0) is 19.1. The molecule has 0 unspecified atom stereocenters. The molecule has 1 aromatic heterocycles. The standard InChI is InChI=1S/C24H29NO3/c1-27-23(26)20-10-22(24-11-17-7-18(12-24)9-19(8-17)13-24)28-21(20)15-25-14-16-5-3-2-4-6-16/h2-6,10,17-19,25H,7-9,11-15H2,1H3. The number of nitrogens with one attached hydrogen (secondary N) is 1. The van der Waals surface area contributed by atoms with Crippen LogP contribution in [0, 0.1) is 17.8 Å². The first-order valence-electron chi connectivity index (χ1n) is 10.6. The van der Waals surface area contributed by atoms with Crippen LogP contribution in [0.4, 0.5) is 0 Å². The van der Waals surface area contributed by atoms with Crippen molar-refractivity contribution in [1.29, 1.82) is 0 Å². The molecule has 0 atom stereocenters.